The molecule has 0 radical (unpaired) electrons. The van der Waals surface area contributed by atoms with Gasteiger partial charge in [-0.2, -0.15) is 0 Å². The molecule has 1 aromatic rings. The smallest absolute Gasteiger partial charge is 0.234 e. The van der Waals surface area contributed by atoms with Crippen molar-refractivity contribution in [3.63, 3.8) is 0 Å². The van der Waals surface area contributed by atoms with Gasteiger partial charge < -0.3 is 10.6 Å². The number of benzene rings is 1. The lowest BCUT2D eigenvalue weighted by molar-refractivity contribution is -0.113. The molecule has 2 rings (SSSR count). The molecule has 20 heavy (non-hydrogen) atoms. The maximum Gasteiger partial charge on any atom is 0.234 e. The summed E-state index contributed by atoms with van der Waals surface area (Å²) in [5.41, 5.74) is -0.163. The van der Waals surface area contributed by atoms with E-state index in [-0.39, 0.29) is 22.4 Å². The van der Waals surface area contributed by atoms with Gasteiger partial charge in [-0.25, -0.2) is 8.78 Å². The highest BCUT2D eigenvalue weighted by atomic mass is 35.5. The van der Waals surface area contributed by atoms with E-state index in [0.29, 0.717) is 11.3 Å². The summed E-state index contributed by atoms with van der Waals surface area (Å²) in [7, 11) is 0. The Kier molecular flexibility index (Phi) is 5.63. The van der Waals surface area contributed by atoms with E-state index in [9.17, 15) is 13.6 Å². The number of piperidine rings is 1. The van der Waals surface area contributed by atoms with Crippen molar-refractivity contribution in [3.8, 4) is 0 Å². The molecule has 1 saturated heterocycles. The molecule has 0 spiro atoms. The lowest BCUT2D eigenvalue weighted by atomic mass is 10.2. The number of rotatable bonds is 4. The van der Waals surface area contributed by atoms with Crippen molar-refractivity contribution in [2.45, 2.75) is 18.1 Å². The quantitative estimate of drug-likeness (QED) is 0.896. The van der Waals surface area contributed by atoms with E-state index in [1.807, 2.05) is 0 Å². The fourth-order valence-electron chi connectivity index (χ4n) is 1.99. The Morgan fingerprint density at radius 1 is 1.40 bits per heavy atom. The van der Waals surface area contributed by atoms with Crippen molar-refractivity contribution in [3.05, 3.63) is 28.8 Å². The van der Waals surface area contributed by atoms with Crippen LogP contribution in [0.3, 0.4) is 0 Å². The Hall–Kier alpha value is -0.850. The number of carbonyl (C=O) groups is 1. The number of hydrogen-bond donors (Lipinski definition) is 2. The van der Waals surface area contributed by atoms with Crippen LogP contribution in [0.2, 0.25) is 5.02 Å². The maximum absolute atomic E-state index is 13.5. The monoisotopic (exact) mass is 320 g/mol. The topological polar surface area (TPSA) is 41.1 Å². The van der Waals surface area contributed by atoms with Gasteiger partial charge in [0.1, 0.15) is 5.82 Å². The van der Waals surface area contributed by atoms with Crippen LogP contribution in [0.25, 0.3) is 0 Å². The van der Waals surface area contributed by atoms with Crippen molar-refractivity contribution in [2.75, 3.05) is 24.2 Å². The van der Waals surface area contributed by atoms with Gasteiger partial charge in [-0.15, -0.1) is 11.8 Å². The summed E-state index contributed by atoms with van der Waals surface area (Å²) in [5, 5.41) is 5.95. The van der Waals surface area contributed by atoms with Crippen LogP contribution in [-0.4, -0.2) is 30.0 Å². The first-order valence-electron chi connectivity index (χ1n) is 6.33. The summed E-state index contributed by atoms with van der Waals surface area (Å²) >= 11 is 7.27. The maximum atomic E-state index is 13.5. The normalized spacial score (nSPS) is 16.1. The number of anilines is 1. The highest BCUT2D eigenvalue weighted by Crippen LogP contribution is 2.27. The fraction of sp³-hybridized carbons (Fsp3) is 0.462. The minimum Gasteiger partial charge on any atom is -0.322 e. The summed E-state index contributed by atoms with van der Waals surface area (Å²) in [6.07, 6.45) is 2.03. The summed E-state index contributed by atoms with van der Waals surface area (Å²) in [4.78, 5) is 11.8. The molecule has 1 heterocycles. The van der Waals surface area contributed by atoms with Crippen LogP contribution in [-0.2, 0) is 4.79 Å². The van der Waals surface area contributed by atoms with Crippen molar-refractivity contribution >= 4 is 35.0 Å². The van der Waals surface area contributed by atoms with Crippen LogP contribution < -0.4 is 10.6 Å². The van der Waals surface area contributed by atoms with Gasteiger partial charge in [0, 0.05) is 11.3 Å². The molecule has 1 amide bonds. The number of halogens is 3. The van der Waals surface area contributed by atoms with E-state index in [0.717, 1.165) is 32.0 Å². The Labute approximate surface area is 125 Å². The Balaban J connectivity index is 1.88. The lowest BCUT2D eigenvalue weighted by Gasteiger charge is -2.21. The van der Waals surface area contributed by atoms with E-state index in [4.69, 9.17) is 11.6 Å². The zero-order valence-corrected chi connectivity index (χ0v) is 12.3. The second kappa shape index (κ2) is 7.24. The molecular weight excluding hydrogens is 306 g/mol. The summed E-state index contributed by atoms with van der Waals surface area (Å²) in [5.74, 6) is -1.73. The second-order valence-corrected chi connectivity index (χ2v) is 6.25. The summed E-state index contributed by atoms with van der Waals surface area (Å²) in [6.45, 7) is 1.91. The van der Waals surface area contributed by atoms with Gasteiger partial charge in [-0.3, -0.25) is 4.79 Å². The molecule has 0 saturated carbocycles. The zero-order valence-electron chi connectivity index (χ0n) is 10.7. The Morgan fingerprint density at radius 3 is 2.75 bits per heavy atom. The molecule has 7 heteroatoms. The van der Waals surface area contributed by atoms with Crippen LogP contribution in [0.4, 0.5) is 14.5 Å². The average molecular weight is 321 g/mol. The first-order chi connectivity index (χ1) is 9.56. The molecule has 1 aromatic carbocycles. The van der Waals surface area contributed by atoms with Gasteiger partial charge in [0.15, 0.2) is 5.82 Å². The Morgan fingerprint density at radius 2 is 2.10 bits per heavy atom. The zero-order chi connectivity index (χ0) is 14.5. The van der Waals surface area contributed by atoms with Crippen LogP contribution in [0.1, 0.15) is 12.8 Å². The third-order valence-corrected chi connectivity index (χ3v) is 4.68. The van der Waals surface area contributed by atoms with E-state index >= 15 is 0 Å². The van der Waals surface area contributed by atoms with Crippen LogP contribution >= 0.6 is 23.4 Å². The van der Waals surface area contributed by atoms with E-state index in [1.165, 1.54) is 0 Å². The molecule has 0 aliphatic carbocycles. The highest BCUT2D eigenvalue weighted by Gasteiger charge is 2.17. The third kappa shape index (κ3) is 4.33. The number of thioether (sulfide) groups is 1. The standard InChI is InChI=1S/C13H15ClF2N2OS/c14-10-5-8(15)6-11(16)13(10)18-12(19)7-20-9-1-3-17-4-2-9/h5-6,9,17H,1-4,7H2,(H,18,19). The van der Waals surface area contributed by atoms with E-state index < -0.39 is 11.6 Å². The minimum absolute atomic E-state index is 0.136. The van der Waals surface area contributed by atoms with Crippen LogP contribution in [0, 0.1) is 11.6 Å². The van der Waals surface area contributed by atoms with Crippen molar-refractivity contribution in [1.82, 2.24) is 5.32 Å². The van der Waals surface area contributed by atoms with Crippen LogP contribution in [0.15, 0.2) is 12.1 Å². The van der Waals surface area contributed by atoms with Crippen LogP contribution in [0.5, 0.6) is 0 Å². The van der Waals surface area contributed by atoms with Crippen molar-refractivity contribution in [2.24, 2.45) is 0 Å². The predicted octanol–water partition coefficient (Wildman–Crippen LogP) is 3.04. The summed E-state index contributed by atoms with van der Waals surface area (Å²) in [6, 6.07) is 1.67. The Bertz CT molecular complexity index is 472. The number of hydrogen-bond acceptors (Lipinski definition) is 3. The fourth-order valence-corrected chi connectivity index (χ4v) is 3.26. The predicted molar refractivity (Wildman–Crippen MR) is 78.3 cm³/mol. The van der Waals surface area contributed by atoms with E-state index in [1.54, 1.807) is 11.8 Å². The number of nitrogens with one attached hydrogen (secondary N) is 2. The second-order valence-electron chi connectivity index (χ2n) is 4.55. The van der Waals surface area contributed by atoms with Gasteiger partial charge in [-0.05, 0) is 32.0 Å². The molecule has 1 aliphatic rings. The third-order valence-electron chi connectivity index (χ3n) is 3.01. The van der Waals surface area contributed by atoms with Crippen molar-refractivity contribution in [1.29, 1.82) is 0 Å². The lowest BCUT2D eigenvalue weighted by Crippen LogP contribution is -2.30. The molecule has 0 atom stereocenters. The molecule has 1 aliphatic heterocycles. The van der Waals surface area contributed by atoms with Gasteiger partial charge in [-0.1, -0.05) is 11.6 Å². The molecule has 0 bridgehead atoms. The minimum atomic E-state index is -0.866. The largest absolute Gasteiger partial charge is 0.322 e. The van der Waals surface area contributed by atoms with Gasteiger partial charge >= 0.3 is 0 Å². The molecular formula is C13H15ClF2N2OS. The number of amides is 1. The molecule has 3 nitrogen and oxygen atoms in total. The molecule has 1 fully saturated rings. The van der Waals surface area contributed by atoms with Crippen molar-refractivity contribution < 1.29 is 13.6 Å². The molecule has 0 aromatic heterocycles. The first-order valence-corrected chi connectivity index (χ1v) is 7.75. The molecule has 2 N–H and O–H groups in total. The SMILES string of the molecule is O=C(CSC1CCNCC1)Nc1c(F)cc(F)cc1Cl. The van der Waals surface area contributed by atoms with Gasteiger partial charge in [0.25, 0.3) is 0 Å². The number of carbonyl (C=O) groups excluding carboxylic acids is 1. The molecule has 110 valence electrons. The highest BCUT2D eigenvalue weighted by molar-refractivity contribution is 8.00. The average Bonchev–Trinajstić information content (AvgIpc) is 2.42. The molecule has 0 unspecified atom stereocenters. The van der Waals surface area contributed by atoms with E-state index in [2.05, 4.69) is 10.6 Å². The van der Waals surface area contributed by atoms with Gasteiger partial charge in [0.2, 0.25) is 5.91 Å². The summed E-state index contributed by atoms with van der Waals surface area (Å²) < 4.78 is 26.4. The first kappa shape index (κ1) is 15.5. The van der Waals surface area contributed by atoms with Gasteiger partial charge in [0.05, 0.1) is 16.5 Å².